The first-order valence-corrected chi connectivity index (χ1v) is 7.39. The lowest BCUT2D eigenvalue weighted by Gasteiger charge is -2.19. The molecule has 0 saturated heterocycles. The van der Waals surface area contributed by atoms with E-state index in [2.05, 4.69) is 10.4 Å². The Balaban J connectivity index is 1.68. The van der Waals surface area contributed by atoms with Crippen LogP contribution in [0, 0.1) is 5.92 Å². The minimum absolute atomic E-state index is 0.0210. The second-order valence-electron chi connectivity index (χ2n) is 5.50. The van der Waals surface area contributed by atoms with Crippen molar-refractivity contribution in [2.45, 2.75) is 25.3 Å². The third-order valence-electron chi connectivity index (χ3n) is 4.18. The number of hydrogen-bond donors (Lipinski definition) is 2. The molecule has 1 fully saturated rings. The van der Waals surface area contributed by atoms with E-state index in [-0.39, 0.29) is 11.9 Å². The summed E-state index contributed by atoms with van der Waals surface area (Å²) >= 11 is 0. The van der Waals surface area contributed by atoms with Crippen LogP contribution in [0.4, 0.5) is 0 Å². The Morgan fingerprint density at radius 1 is 1.33 bits per heavy atom. The van der Waals surface area contributed by atoms with Gasteiger partial charge in [-0.2, -0.15) is 5.10 Å². The molecule has 1 saturated carbocycles. The summed E-state index contributed by atoms with van der Waals surface area (Å²) < 4.78 is 1.77. The Kier molecular flexibility index (Phi) is 4.01. The Morgan fingerprint density at radius 3 is 2.81 bits per heavy atom. The molecule has 1 aromatic carbocycles. The Morgan fingerprint density at radius 2 is 2.14 bits per heavy atom. The highest BCUT2D eigenvalue weighted by Gasteiger charge is 2.27. The van der Waals surface area contributed by atoms with E-state index in [0.29, 0.717) is 18.0 Å². The van der Waals surface area contributed by atoms with Crippen LogP contribution in [0.3, 0.4) is 0 Å². The third-order valence-corrected chi connectivity index (χ3v) is 4.18. The number of nitrogens with zero attached hydrogens (tertiary/aromatic N) is 2. The molecule has 21 heavy (non-hydrogen) atoms. The second-order valence-corrected chi connectivity index (χ2v) is 5.50. The quantitative estimate of drug-likeness (QED) is 0.898. The zero-order valence-corrected chi connectivity index (χ0v) is 11.9. The predicted octanol–water partition coefficient (Wildman–Crippen LogP) is 1.73. The lowest BCUT2D eigenvalue weighted by molar-refractivity contribution is 0.0929. The summed E-state index contributed by atoms with van der Waals surface area (Å²) in [7, 11) is 0. The van der Waals surface area contributed by atoms with Gasteiger partial charge in [0.25, 0.3) is 5.91 Å². The molecule has 0 radical (unpaired) electrons. The van der Waals surface area contributed by atoms with E-state index in [9.17, 15) is 4.79 Å². The van der Waals surface area contributed by atoms with Gasteiger partial charge in [0.1, 0.15) is 0 Å². The number of aromatic nitrogens is 2. The van der Waals surface area contributed by atoms with Gasteiger partial charge in [-0.1, -0.05) is 6.42 Å². The van der Waals surface area contributed by atoms with Gasteiger partial charge in [-0.25, -0.2) is 4.68 Å². The number of rotatable bonds is 4. The summed E-state index contributed by atoms with van der Waals surface area (Å²) in [5.41, 5.74) is 7.37. The van der Waals surface area contributed by atoms with E-state index >= 15 is 0 Å². The van der Waals surface area contributed by atoms with Gasteiger partial charge >= 0.3 is 0 Å². The minimum atomic E-state index is -0.0210. The highest BCUT2D eigenvalue weighted by molar-refractivity contribution is 5.94. The summed E-state index contributed by atoms with van der Waals surface area (Å²) in [4.78, 5) is 12.3. The molecule has 3 rings (SSSR count). The van der Waals surface area contributed by atoms with Crippen molar-refractivity contribution in [3.05, 3.63) is 48.3 Å². The van der Waals surface area contributed by atoms with Crippen LogP contribution in [-0.2, 0) is 0 Å². The van der Waals surface area contributed by atoms with Crippen LogP contribution < -0.4 is 11.1 Å². The Hall–Kier alpha value is -2.14. The molecule has 1 aliphatic rings. The van der Waals surface area contributed by atoms with Crippen LogP contribution in [0.2, 0.25) is 0 Å². The fourth-order valence-electron chi connectivity index (χ4n) is 2.95. The first-order valence-electron chi connectivity index (χ1n) is 7.39. The van der Waals surface area contributed by atoms with Gasteiger partial charge in [0, 0.05) is 24.0 Å². The number of amides is 1. The molecule has 0 bridgehead atoms. The molecule has 5 heteroatoms. The molecule has 3 N–H and O–H groups in total. The molecule has 1 aliphatic carbocycles. The summed E-state index contributed by atoms with van der Waals surface area (Å²) in [6, 6.07) is 9.55. The summed E-state index contributed by atoms with van der Waals surface area (Å²) in [6.45, 7) is 0.642. The number of nitrogens with two attached hydrogens (primary N) is 1. The van der Waals surface area contributed by atoms with E-state index in [1.165, 1.54) is 0 Å². The maximum absolute atomic E-state index is 12.3. The number of nitrogens with one attached hydrogen (secondary N) is 1. The van der Waals surface area contributed by atoms with Crippen molar-refractivity contribution in [3.8, 4) is 5.69 Å². The molecule has 1 amide bonds. The minimum Gasteiger partial charge on any atom is -0.349 e. The summed E-state index contributed by atoms with van der Waals surface area (Å²) in [6.07, 6.45) is 6.89. The molecular weight excluding hydrogens is 264 g/mol. The normalized spacial score (nSPS) is 21.4. The fraction of sp³-hybridized carbons (Fsp3) is 0.375. The average Bonchev–Trinajstić information content (AvgIpc) is 3.18. The van der Waals surface area contributed by atoms with Crippen molar-refractivity contribution in [2.24, 2.45) is 11.7 Å². The number of carbonyl (C=O) groups excluding carboxylic acids is 1. The van der Waals surface area contributed by atoms with E-state index in [1.54, 1.807) is 10.9 Å². The third kappa shape index (κ3) is 2.97. The van der Waals surface area contributed by atoms with Crippen LogP contribution in [0.15, 0.2) is 42.7 Å². The van der Waals surface area contributed by atoms with Crippen molar-refractivity contribution in [3.63, 3.8) is 0 Å². The number of hydrogen-bond acceptors (Lipinski definition) is 3. The second kappa shape index (κ2) is 6.10. The van der Waals surface area contributed by atoms with Crippen molar-refractivity contribution in [1.82, 2.24) is 15.1 Å². The van der Waals surface area contributed by atoms with Crippen molar-refractivity contribution in [1.29, 1.82) is 0 Å². The predicted molar refractivity (Wildman–Crippen MR) is 81.2 cm³/mol. The lowest BCUT2D eigenvalue weighted by atomic mass is 10.0. The SMILES string of the molecule is NCC1CCCC1NC(=O)c1ccc(-n2cccn2)cc1. The van der Waals surface area contributed by atoms with E-state index in [1.807, 2.05) is 36.5 Å². The van der Waals surface area contributed by atoms with Gasteiger partial charge in [-0.05, 0) is 55.6 Å². The molecule has 1 aromatic heterocycles. The van der Waals surface area contributed by atoms with Gasteiger partial charge in [0.2, 0.25) is 0 Å². The highest BCUT2D eigenvalue weighted by Crippen LogP contribution is 2.24. The first kappa shape index (κ1) is 13.8. The highest BCUT2D eigenvalue weighted by atomic mass is 16.1. The lowest BCUT2D eigenvalue weighted by Crippen LogP contribution is -2.39. The van der Waals surface area contributed by atoms with Gasteiger partial charge < -0.3 is 11.1 Å². The summed E-state index contributed by atoms with van der Waals surface area (Å²) in [5, 5.41) is 7.28. The number of benzene rings is 1. The topological polar surface area (TPSA) is 72.9 Å². The van der Waals surface area contributed by atoms with Gasteiger partial charge in [-0.15, -0.1) is 0 Å². The Bertz CT molecular complexity index is 591. The van der Waals surface area contributed by atoms with Crippen LogP contribution in [0.25, 0.3) is 5.69 Å². The van der Waals surface area contributed by atoms with Gasteiger partial charge in [-0.3, -0.25) is 4.79 Å². The van der Waals surface area contributed by atoms with E-state index < -0.39 is 0 Å². The molecule has 2 aromatic rings. The number of carbonyl (C=O) groups is 1. The van der Waals surface area contributed by atoms with Crippen LogP contribution in [-0.4, -0.2) is 28.3 Å². The molecule has 1 heterocycles. The first-order chi connectivity index (χ1) is 10.3. The van der Waals surface area contributed by atoms with Crippen LogP contribution in [0.5, 0.6) is 0 Å². The molecule has 5 nitrogen and oxygen atoms in total. The monoisotopic (exact) mass is 284 g/mol. The van der Waals surface area contributed by atoms with E-state index in [0.717, 1.165) is 24.9 Å². The fourth-order valence-corrected chi connectivity index (χ4v) is 2.95. The van der Waals surface area contributed by atoms with Crippen molar-refractivity contribution >= 4 is 5.91 Å². The molecule has 110 valence electrons. The summed E-state index contributed by atoms with van der Waals surface area (Å²) in [5.74, 6) is 0.393. The van der Waals surface area contributed by atoms with E-state index in [4.69, 9.17) is 5.73 Å². The standard InChI is InChI=1S/C16H20N4O/c17-11-13-3-1-4-15(13)19-16(21)12-5-7-14(8-6-12)20-10-2-9-18-20/h2,5-10,13,15H,1,3-4,11,17H2,(H,19,21). The van der Waals surface area contributed by atoms with Gasteiger partial charge in [0.15, 0.2) is 0 Å². The van der Waals surface area contributed by atoms with Crippen molar-refractivity contribution in [2.75, 3.05) is 6.54 Å². The van der Waals surface area contributed by atoms with Gasteiger partial charge in [0.05, 0.1) is 5.69 Å². The molecular formula is C16H20N4O. The van der Waals surface area contributed by atoms with Crippen LogP contribution >= 0.6 is 0 Å². The Labute approximate surface area is 124 Å². The molecule has 2 atom stereocenters. The van der Waals surface area contributed by atoms with Crippen molar-refractivity contribution < 1.29 is 4.79 Å². The molecule has 2 unspecified atom stereocenters. The zero-order chi connectivity index (χ0) is 14.7. The molecule has 0 aliphatic heterocycles. The molecule has 0 spiro atoms. The largest absolute Gasteiger partial charge is 0.349 e. The smallest absolute Gasteiger partial charge is 0.251 e. The average molecular weight is 284 g/mol. The zero-order valence-electron chi connectivity index (χ0n) is 11.9. The maximum atomic E-state index is 12.3. The maximum Gasteiger partial charge on any atom is 0.251 e. The van der Waals surface area contributed by atoms with Crippen LogP contribution in [0.1, 0.15) is 29.6 Å².